The number of nitrogens with zero attached hydrogens (tertiary/aromatic N) is 1. The molecule has 0 atom stereocenters. The van der Waals surface area contributed by atoms with Crippen molar-refractivity contribution in [1.29, 1.82) is 0 Å². The van der Waals surface area contributed by atoms with E-state index in [-0.39, 0.29) is 17.2 Å². The van der Waals surface area contributed by atoms with E-state index in [1.54, 1.807) is 0 Å². The van der Waals surface area contributed by atoms with E-state index in [1.807, 2.05) is 0 Å². The number of hydrogen-bond acceptors (Lipinski definition) is 2. The second kappa shape index (κ2) is 4.40. The molecule has 0 aromatic heterocycles. The lowest BCUT2D eigenvalue weighted by Crippen LogP contribution is -2.27. The number of aliphatic imine (C=N–C) groups is 1. The summed E-state index contributed by atoms with van der Waals surface area (Å²) >= 11 is 0. The Balaban J connectivity index is 3.18. The third-order valence-electron chi connectivity index (χ3n) is 1.89. The summed E-state index contributed by atoms with van der Waals surface area (Å²) in [5, 5.41) is 8.35. The first-order chi connectivity index (χ1) is 7.34. The lowest BCUT2D eigenvalue weighted by Gasteiger charge is -2.10. The van der Waals surface area contributed by atoms with Gasteiger partial charge in [-0.25, -0.2) is 10.5 Å². The van der Waals surface area contributed by atoms with Gasteiger partial charge in [0.2, 0.25) is 5.96 Å². The maximum atomic E-state index is 12.5. The molecule has 4 nitrogen and oxygen atoms in total. The van der Waals surface area contributed by atoms with Gasteiger partial charge in [0.05, 0.1) is 11.3 Å². The SMILES string of the molecule is Cc1ccc(N=C(N)NO)cc1C(F)(F)F. The first-order valence-electron chi connectivity index (χ1n) is 4.26. The minimum atomic E-state index is -4.43. The molecule has 1 aromatic rings. The van der Waals surface area contributed by atoms with Gasteiger partial charge in [0, 0.05) is 0 Å². The van der Waals surface area contributed by atoms with Crippen LogP contribution >= 0.6 is 0 Å². The number of alkyl halides is 3. The Morgan fingerprint density at radius 1 is 1.44 bits per heavy atom. The topological polar surface area (TPSA) is 70.6 Å². The summed E-state index contributed by atoms with van der Waals surface area (Å²) in [6.45, 7) is 1.35. The van der Waals surface area contributed by atoms with Crippen LogP contribution < -0.4 is 11.2 Å². The van der Waals surface area contributed by atoms with E-state index < -0.39 is 11.7 Å². The molecule has 0 heterocycles. The van der Waals surface area contributed by atoms with E-state index in [1.165, 1.54) is 24.5 Å². The molecule has 4 N–H and O–H groups in total. The minimum absolute atomic E-state index is 0.0111. The van der Waals surface area contributed by atoms with Crippen LogP contribution in [0.5, 0.6) is 0 Å². The first-order valence-corrected chi connectivity index (χ1v) is 4.26. The molecule has 1 rings (SSSR count). The standard InChI is InChI=1S/C9H10F3N3O/c1-5-2-3-6(14-8(13)15-16)4-7(5)9(10,11)12/h2-4,16H,1H3,(H3,13,14,15). The average Bonchev–Trinajstić information content (AvgIpc) is 2.19. The third-order valence-corrected chi connectivity index (χ3v) is 1.89. The molecule has 0 saturated carbocycles. The predicted molar refractivity (Wildman–Crippen MR) is 52.4 cm³/mol. The van der Waals surface area contributed by atoms with Crippen LogP contribution in [-0.2, 0) is 6.18 Å². The highest BCUT2D eigenvalue weighted by Gasteiger charge is 2.32. The van der Waals surface area contributed by atoms with E-state index in [0.29, 0.717) is 0 Å². The second-order valence-electron chi connectivity index (χ2n) is 3.11. The Bertz CT molecular complexity index is 415. The maximum absolute atomic E-state index is 12.5. The van der Waals surface area contributed by atoms with Crippen LogP contribution in [0.15, 0.2) is 23.2 Å². The van der Waals surface area contributed by atoms with Gasteiger partial charge in [-0.2, -0.15) is 13.2 Å². The van der Waals surface area contributed by atoms with Gasteiger partial charge in [-0.05, 0) is 24.6 Å². The molecule has 0 spiro atoms. The summed E-state index contributed by atoms with van der Waals surface area (Å²) in [6.07, 6.45) is -4.43. The van der Waals surface area contributed by atoms with Gasteiger partial charge in [-0.3, -0.25) is 5.21 Å². The van der Waals surface area contributed by atoms with Gasteiger partial charge in [-0.1, -0.05) is 6.07 Å². The van der Waals surface area contributed by atoms with E-state index >= 15 is 0 Å². The van der Waals surface area contributed by atoms with E-state index in [9.17, 15) is 13.2 Å². The highest BCUT2D eigenvalue weighted by Crippen LogP contribution is 2.33. The molecule has 0 aliphatic carbocycles. The predicted octanol–water partition coefficient (Wildman–Crippen LogP) is 1.94. The average molecular weight is 233 g/mol. The van der Waals surface area contributed by atoms with Crippen LogP contribution in [-0.4, -0.2) is 11.2 Å². The monoisotopic (exact) mass is 233 g/mol. The second-order valence-corrected chi connectivity index (χ2v) is 3.11. The van der Waals surface area contributed by atoms with Crippen molar-refractivity contribution in [3.05, 3.63) is 29.3 Å². The Labute approximate surface area is 89.6 Å². The quantitative estimate of drug-likeness (QED) is 0.394. The first kappa shape index (κ1) is 12.3. The van der Waals surface area contributed by atoms with Crippen LogP contribution in [0.2, 0.25) is 0 Å². The molecule has 7 heteroatoms. The van der Waals surface area contributed by atoms with Crippen molar-refractivity contribution in [2.75, 3.05) is 0 Å². The molecule has 88 valence electrons. The summed E-state index contributed by atoms with van der Waals surface area (Å²) in [5.74, 6) is -0.378. The zero-order valence-corrected chi connectivity index (χ0v) is 8.34. The Morgan fingerprint density at radius 3 is 2.56 bits per heavy atom. The van der Waals surface area contributed by atoms with Gasteiger partial charge in [0.1, 0.15) is 0 Å². The van der Waals surface area contributed by atoms with Crippen LogP contribution in [0.4, 0.5) is 18.9 Å². The van der Waals surface area contributed by atoms with E-state index in [2.05, 4.69) is 4.99 Å². The number of nitrogens with one attached hydrogen (secondary N) is 1. The number of aryl methyl sites for hydroxylation is 1. The molecular formula is C9H10F3N3O. The van der Waals surface area contributed by atoms with Gasteiger partial charge in [0.15, 0.2) is 0 Å². The van der Waals surface area contributed by atoms with E-state index in [4.69, 9.17) is 10.9 Å². The van der Waals surface area contributed by atoms with Crippen molar-refractivity contribution in [1.82, 2.24) is 5.48 Å². The molecule has 1 aromatic carbocycles. The zero-order chi connectivity index (χ0) is 12.3. The van der Waals surface area contributed by atoms with Crippen LogP contribution in [0.1, 0.15) is 11.1 Å². The molecule has 0 aliphatic heterocycles. The summed E-state index contributed by atoms with van der Waals surface area (Å²) in [6, 6.07) is 3.51. The fourth-order valence-electron chi connectivity index (χ4n) is 1.15. The highest BCUT2D eigenvalue weighted by atomic mass is 19.4. The Kier molecular flexibility index (Phi) is 3.38. The molecule has 0 bridgehead atoms. The van der Waals surface area contributed by atoms with Crippen molar-refractivity contribution in [2.45, 2.75) is 13.1 Å². The largest absolute Gasteiger partial charge is 0.416 e. The third kappa shape index (κ3) is 2.86. The van der Waals surface area contributed by atoms with Crippen molar-refractivity contribution in [2.24, 2.45) is 10.7 Å². The Morgan fingerprint density at radius 2 is 2.06 bits per heavy atom. The van der Waals surface area contributed by atoms with Crippen LogP contribution in [0, 0.1) is 6.92 Å². The molecular weight excluding hydrogens is 223 g/mol. The lowest BCUT2D eigenvalue weighted by molar-refractivity contribution is -0.138. The fraction of sp³-hybridized carbons (Fsp3) is 0.222. The smallest absolute Gasteiger partial charge is 0.368 e. The Hall–Kier alpha value is -1.76. The molecule has 0 fully saturated rings. The molecule has 0 amide bonds. The molecule has 0 radical (unpaired) electrons. The van der Waals surface area contributed by atoms with Crippen molar-refractivity contribution in [3.8, 4) is 0 Å². The number of guanidine groups is 1. The highest BCUT2D eigenvalue weighted by molar-refractivity contribution is 5.79. The van der Waals surface area contributed by atoms with E-state index in [0.717, 1.165) is 6.07 Å². The fourth-order valence-corrected chi connectivity index (χ4v) is 1.15. The van der Waals surface area contributed by atoms with Crippen LogP contribution in [0.3, 0.4) is 0 Å². The molecule has 16 heavy (non-hydrogen) atoms. The number of rotatable bonds is 1. The van der Waals surface area contributed by atoms with Gasteiger partial charge in [0.25, 0.3) is 0 Å². The number of benzene rings is 1. The zero-order valence-electron chi connectivity index (χ0n) is 8.34. The molecule has 0 unspecified atom stereocenters. The van der Waals surface area contributed by atoms with Crippen LogP contribution in [0.25, 0.3) is 0 Å². The van der Waals surface area contributed by atoms with Crippen molar-refractivity contribution in [3.63, 3.8) is 0 Å². The number of hydrogen-bond donors (Lipinski definition) is 3. The van der Waals surface area contributed by atoms with Gasteiger partial charge < -0.3 is 5.73 Å². The summed E-state index contributed by atoms with van der Waals surface area (Å²) < 4.78 is 37.5. The van der Waals surface area contributed by atoms with Gasteiger partial charge >= 0.3 is 6.18 Å². The number of nitrogens with two attached hydrogens (primary N) is 1. The van der Waals surface area contributed by atoms with Crippen molar-refractivity contribution < 1.29 is 18.4 Å². The van der Waals surface area contributed by atoms with Gasteiger partial charge in [-0.15, -0.1) is 0 Å². The summed E-state index contributed by atoms with van der Waals surface area (Å²) in [4.78, 5) is 3.53. The summed E-state index contributed by atoms with van der Waals surface area (Å²) in [5.41, 5.74) is 5.97. The molecule has 0 aliphatic rings. The lowest BCUT2D eigenvalue weighted by atomic mass is 10.1. The molecule has 0 saturated heterocycles. The normalized spacial score (nSPS) is 12.7. The van der Waals surface area contributed by atoms with Crippen molar-refractivity contribution >= 4 is 11.6 Å². The summed E-state index contributed by atoms with van der Waals surface area (Å²) in [7, 11) is 0. The maximum Gasteiger partial charge on any atom is 0.416 e. The number of halogens is 3. The number of hydroxylamine groups is 1. The minimum Gasteiger partial charge on any atom is -0.368 e.